The second kappa shape index (κ2) is 9.93. The molecule has 1 unspecified atom stereocenters. The number of benzene rings is 3. The van der Waals surface area contributed by atoms with Gasteiger partial charge in [0.05, 0.1) is 15.1 Å². The van der Waals surface area contributed by atoms with E-state index < -0.39 is 17.7 Å². The van der Waals surface area contributed by atoms with Crippen molar-refractivity contribution in [1.82, 2.24) is 0 Å². The lowest BCUT2D eigenvalue weighted by Gasteiger charge is -2.19. The summed E-state index contributed by atoms with van der Waals surface area (Å²) in [6, 6.07) is 13.5. The standard InChI is InChI=1S/C22H16Cl2I2N2O3/c1-10-6-14(19(21(27)30)11-2-4-12(23)5-3-11)16(24)9-18(10)28-22(31)15-7-13(25)8-17(26)20(15)29/h2-9,19,29H,1H3,(H2,27,30)(H,28,31). The highest BCUT2D eigenvalue weighted by molar-refractivity contribution is 14.1. The molecule has 3 rings (SSSR count). The molecule has 1 atom stereocenters. The molecule has 0 aromatic heterocycles. The van der Waals surface area contributed by atoms with Gasteiger partial charge in [0.15, 0.2) is 0 Å². The van der Waals surface area contributed by atoms with Gasteiger partial charge in [0.25, 0.3) is 5.91 Å². The zero-order valence-corrected chi connectivity index (χ0v) is 21.9. The van der Waals surface area contributed by atoms with Gasteiger partial charge >= 0.3 is 0 Å². The molecule has 31 heavy (non-hydrogen) atoms. The number of anilines is 1. The van der Waals surface area contributed by atoms with Crippen LogP contribution in [-0.2, 0) is 4.79 Å². The van der Waals surface area contributed by atoms with Crippen molar-refractivity contribution < 1.29 is 14.7 Å². The second-order valence-electron chi connectivity index (χ2n) is 6.81. The summed E-state index contributed by atoms with van der Waals surface area (Å²) in [6.07, 6.45) is 0. The van der Waals surface area contributed by atoms with Gasteiger partial charge in [-0.15, -0.1) is 0 Å². The normalized spacial score (nSPS) is 11.8. The second-order valence-corrected chi connectivity index (χ2v) is 10.1. The number of phenols is 1. The summed E-state index contributed by atoms with van der Waals surface area (Å²) < 4.78 is 1.40. The van der Waals surface area contributed by atoms with Crippen molar-refractivity contribution in [3.05, 3.63) is 88.0 Å². The summed E-state index contributed by atoms with van der Waals surface area (Å²) in [5.41, 5.74) is 8.17. The number of aromatic hydroxyl groups is 1. The number of rotatable bonds is 5. The number of aryl methyl sites for hydroxylation is 1. The Bertz CT molecular complexity index is 1180. The first kappa shape index (κ1) is 24.1. The highest BCUT2D eigenvalue weighted by Crippen LogP contribution is 2.35. The number of nitrogens with two attached hydrogens (primary N) is 1. The Labute approximate surface area is 216 Å². The molecule has 0 saturated heterocycles. The number of nitrogens with one attached hydrogen (secondary N) is 1. The zero-order chi connectivity index (χ0) is 22.9. The molecule has 0 aliphatic carbocycles. The Morgan fingerprint density at radius 2 is 1.71 bits per heavy atom. The number of carbonyl (C=O) groups excluding carboxylic acids is 2. The van der Waals surface area contributed by atoms with Crippen molar-refractivity contribution in [2.24, 2.45) is 5.73 Å². The van der Waals surface area contributed by atoms with E-state index in [1.165, 1.54) is 0 Å². The van der Waals surface area contributed by atoms with E-state index in [0.717, 1.165) is 3.57 Å². The van der Waals surface area contributed by atoms with Gasteiger partial charge in [-0.1, -0.05) is 41.4 Å². The highest BCUT2D eigenvalue weighted by atomic mass is 127. The van der Waals surface area contributed by atoms with Crippen LogP contribution in [0.2, 0.25) is 10.0 Å². The van der Waals surface area contributed by atoms with Gasteiger partial charge in [-0.3, -0.25) is 9.59 Å². The summed E-state index contributed by atoms with van der Waals surface area (Å²) in [7, 11) is 0. The fraction of sp³-hybridized carbons (Fsp3) is 0.0909. The minimum absolute atomic E-state index is 0.0876. The summed E-state index contributed by atoms with van der Waals surface area (Å²) in [6.45, 7) is 1.79. The van der Waals surface area contributed by atoms with Crippen LogP contribution in [-0.4, -0.2) is 16.9 Å². The van der Waals surface area contributed by atoms with Gasteiger partial charge in [0.1, 0.15) is 5.75 Å². The Morgan fingerprint density at radius 3 is 2.32 bits per heavy atom. The van der Waals surface area contributed by atoms with Crippen LogP contribution in [0.25, 0.3) is 0 Å². The lowest BCUT2D eigenvalue weighted by atomic mass is 9.89. The maximum absolute atomic E-state index is 12.8. The van der Waals surface area contributed by atoms with Crippen molar-refractivity contribution in [1.29, 1.82) is 0 Å². The third-order valence-corrected chi connectivity index (χ3v) is 6.69. The maximum Gasteiger partial charge on any atom is 0.259 e. The van der Waals surface area contributed by atoms with E-state index in [2.05, 4.69) is 27.9 Å². The molecule has 0 heterocycles. The predicted octanol–water partition coefficient (Wildman–Crippen LogP) is 6.09. The molecule has 0 aliphatic rings. The molecule has 4 N–H and O–H groups in total. The van der Waals surface area contributed by atoms with E-state index in [0.29, 0.717) is 31.0 Å². The van der Waals surface area contributed by atoms with Crippen LogP contribution in [0, 0.1) is 14.1 Å². The molecule has 9 heteroatoms. The van der Waals surface area contributed by atoms with Gasteiger partial charge in [0, 0.05) is 19.3 Å². The summed E-state index contributed by atoms with van der Waals surface area (Å²) in [5.74, 6) is -1.88. The first-order chi connectivity index (χ1) is 14.6. The fourth-order valence-electron chi connectivity index (χ4n) is 3.14. The number of phenolic OH excluding ortho intramolecular Hbond substituents is 1. The van der Waals surface area contributed by atoms with Crippen LogP contribution < -0.4 is 11.1 Å². The maximum atomic E-state index is 12.8. The number of primary amides is 1. The molecule has 160 valence electrons. The SMILES string of the molecule is Cc1cc(C(C(N)=O)c2ccc(Cl)cc2)c(Cl)cc1NC(=O)c1cc(I)cc(I)c1O. The molecule has 0 fully saturated rings. The topological polar surface area (TPSA) is 92.4 Å². The van der Waals surface area contributed by atoms with Crippen molar-refractivity contribution in [2.45, 2.75) is 12.8 Å². The molecular weight excluding hydrogens is 665 g/mol. The van der Waals surface area contributed by atoms with Crippen LogP contribution in [0.4, 0.5) is 5.69 Å². The largest absolute Gasteiger partial charge is 0.506 e. The smallest absolute Gasteiger partial charge is 0.259 e. The highest BCUT2D eigenvalue weighted by Gasteiger charge is 2.24. The van der Waals surface area contributed by atoms with Gasteiger partial charge < -0.3 is 16.2 Å². The van der Waals surface area contributed by atoms with Gasteiger partial charge in [-0.05, 0) is 99.1 Å². The average Bonchev–Trinajstić information content (AvgIpc) is 2.69. The van der Waals surface area contributed by atoms with E-state index in [1.807, 2.05) is 22.6 Å². The van der Waals surface area contributed by atoms with Crippen molar-refractivity contribution in [3.8, 4) is 5.75 Å². The first-order valence-electron chi connectivity index (χ1n) is 8.92. The fourth-order valence-corrected chi connectivity index (χ4v) is 5.38. The van der Waals surface area contributed by atoms with Crippen LogP contribution in [0.1, 0.15) is 33.0 Å². The summed E-state index contributed by atoms with van der Waals surface area (Å²) in [4.78, 5) is 25.0. The van der Waals surface area contributed by atoms with Crippen molar-refractivity contribution >= 4 is 85.9 Å². The van der Waals surface area contributed by atoms with Crippen molar-refractivity contribution in [3.63, 3.8) is 0 Å². The molecule has 2 amide bonds. The molecule has 0 bridgehead atoms. The lowest BCUT2D eigenvalue weighted by molar-refractivity contribution is -0.118. The Kier molecular flexibility index (Phi) is 7.72. The predicted molar refractivity (Wildman–Crippen MR) is 140 cm³/mol. The van der Waals surface area contributed by atoms with E-state index in [-0.39, 0.29) is 16.3 Å². The summed E-state index contributed by atoms with van der Waals surface area (Å²) >= 11 is 16.5. The molecule has 3 aromatic rings. The molecule has 0 saturated carbocycles. The Hall–Kier alpha value is -1.56. The van der Waals surface area contributed by atoms with E-state index >= 15 is 0 Å². The lowest BCUT2D eigenvalue weighted by Crippen LogP contribution is -2.23. The molecule has 0 aliphatic heterocycles. The number of amides is 2. The first-order valence-corrected chi connectivity index (χ1v) is 11.8. The number of halogens is 4. The van der Waals surface area contributed by atoms with Gasteiger partial charge in [-0.25, -0.2) is 0 Å². The monoisotopic (exact) mass is 680 g/mol. The van der Waals surface area contributed by atoms with Crippen LogP contribution >= 0.6 is 68.4 Å². The van der Waals surface area contributed by atoms with Crippen LogP contribution in [0.3, 0.4) is 0 Å². The van der Waals surface area contributed by atoms with Gasteiger partial charge in [-0.2, -0.15) is 0 Å². The summed E-state index contributed by atoms with van der Waals surface area (Å²) in [5, 5.41) is 13.9. The van der Waals surface area contributed by atoms with Gasteiger partial charge in [0.2, 0.25) is 5.91 Å². The number of hydrogen-bond donors (Lipinski definition) is 3. The molecule has 5 nitrogen and oxygen atoms in total. The molecular formula is C22H16Cl2I2N2O3. The Balaban J connectivity index is 1.97. The number of carbonyl (C=O) groups is 2. The van der Waals surface area contributed by atoms with E-state index in [9.17, 15) is 14.7 Å². The van der Waals surface area contributed by atoms with Crippen molar-refractivity contribution in [2.75, 3.05) is 5.32 Å². The molecule has 0 spiro atoms. The molecule has 3 aromatic carbocycles. The number of hydrogen-bond acceptors (Lipinski definition) is 3. The van der Waals surface area contributed by atoms with Crippen LogP contribution in [0.5, 0.6) is 5.75 Å². The third-order valence-electron chi connectivity index (χ3n) is 4.66. The quantitative estimate of drug-likeness (QED) is 0.285. The molecule has 0 radical (unpaired) electrons. The minimum atomic E-state index is -0.769. The Morgan fingerprint density at radius 1 is 1.06 bits per heavy atom. The van der Waals surface area contributed by atoms with E-state index in [1.54, 1.807) is 55.5 Å². The average molecular weight is 681 g/mol. The van der Waals surface area contributed by atoms with E-state index in [4.69, 9.17) is 28.9 Å². The third kappa shape index (κ3) is 5.44. The minimum Gasteiger partial charge on any atom is -0.506 e. The van der Waals surface area contributed by atoms with Crippen LogP contribution in [0.15, 0.2) is 48.5 Å². The zero-order valence-electron chi connectivity index (χ0n) is 16.0.